The first-order chi connectivity index (χ1) is 11.7. The topological polar surface area (TPSA) is 81.9 Å². The molecule has 0 radical (unpaired) electrons. The highest BCUT2D eigenvalue weighted by atomic mass is 16.5. The van der Waals surface area contributed by atoms with E-state index in [1.807, 2.05) is 61.5 Å². The highest BCUT2D eigenvalue weighted by Crippen LogP contribution is 2.10. The van der Waals surface area contributed by atoms with Crippen LogP contribution in [-0.4, -0.2) is 26.1 Å². The monoisotopic (exact) mass is 323 g/mol. The van der Waals surface area contributed by atoms with Crippen LogP contribution in [0.1, 0.15) is 11.4 Å². The number of anilines is 1. The van der Waals surface area contributed by atoms with Crippen LogP contribution in [0.3, 0.4) is 0 Å². The molecule has 7 heteroatoms. The Morgan fingerprint density at radius 1 is 1.17 bits per heavy atom. The predicted molar refractivity (Wildman–Crippen MR) is 88.4 cm³/mol. The van der Waals surface area contributed by atoms with Crippen molar-refractivity contribution < 1.29 is 9.53 Å². The Bertz CT molecular complexity index is 817. The lowest BCUT2D eigenvalue weighted by Gasteiger charge is -2.05. The fraction of sp³-hybridized carbons (Fsp3) is 0.176. The van der Waals surface area contributed by atoms with Gasteiger partial charge in [-0.2, -0.15) is 4.80 Å². The Kier molecular flexibility index (Phi) is 4.81. The van der Waals surface area contributed by atoms with Crippen LogP contribution in [0.5, 0.6) is 5.75 Å². The highest BCUT2D eigenvalue weighted by Gasteiger charge is 2.08. The van der Waals surface area contributed by atoms with E-state index in [2.05, 4.69) is 20.7 Å². The van der Waals surface area contributed by atoms with E-state index in [0.717, 1.165) is 17.0 Å². The molecule has 1 heterocycles. The van der Waals surface area contributed by atoms with Crippen LogP contribution in [0.15, 0.2) is 54.6 Å². The fourth-order valence-corrected chi connectivity index (χ4v) is 2.12. The maximum absolute atomic E-state index is 12.0. The molecule has 0 fully saturated rings. The number of carbonyl (C=O) groups excluding carboxylic acids is 1. The molecule has 3 aromatic rings. The number of carbonyl (C=O) groups is 1. The molecule has 0 aliphatic rings. The average molecular weight is 323 g/mol. The van der Waals surface area contributed by atoms with Crippen molar-refractivity contribution in [2.45, 2.75) is 20.1 Å². The van der Waals surface area contributed by atoms with E-state index >= 15 is 0 Å². The van der Waals surface area contributed by atoms with Crippen LogP contribution < -0.4 is 10.1 Å². The molecule has 1 N–H and O–H groups in total. The molecule has 0 atom stereocenters. The molecule has 0 spiro atoms. The summed E-state index contributed by atoms with van der Waals surface area (Å²) in [5.74, 6) is 0.932. The quantitative estimate of drug-likeness (QED) is 0.752. The number of nitrogens with one attached hydrogen (secondary N) is 1. The third-order valence-electron chi connectivity index (χ3n) is 3.19. The minimum atomic E-state index is -0.214. The Morgan fingerprint density at radius 2 is 2.00 bits per heavy atom. The van der Waals surface area contributed by atoms with Crippen LogP contribution in [0, 0.1) is 6.92 Å². The lowest BCUT2D eigenvalue weighted by Crippen LogP contribution is -2.20. The second kappa shape index (κ2) is 7.36. The molecular formula is C17H17N5O2. The lowest BCUT2D eigenvalue weighted by atomic mass is 10.2. The molecular weight excluding hydrogens is 306 g/mol. The summed E-state index contributed by atoms with van der Waals surface area (Å²) in [6.45, 7) is 2.16. The smallest absolute Gasteiger partial charge is 0.248 e. The zero-order chi connectivity index (χ0) is 16.8. The minimum Gasteiger partial charge on any atom is -0.485 e. The summed E-state index contributed by atoms with van der Waals surface area (Å²) in [4.78, 5) is 13.3. The van der Waals surface area contributed by atoms with Gasteiger partial charge in [-0.05, 0) is 42.0 Å². The molecule has 0 aliphatic heterocycles. The van der Waals surface area contributed by atoms with Crippen LogP contribution >= 0.6 is 0 Å². The molecule has 122 valence electrons. The Labute approximate surface area is 139 Å². The molecule has 24 heavy (non-hydrogen) atoms. The van der Waals surface area contributed by atoms with Gasteiger partial charge in [-0.3, -0.25) is 4.79 Å². The number of ether oxygens (including phenoxy) is 1. The number of hydrogen-bond donors (Lipinski definition) is 1. The Morgan fingerprint density at radius 3 is 2.79 bits per heavy atom. The van der Waals surface area contributed by atoms with Gasteiger partial charge in [0.05, 0.1) is 0 Å². The first kappa shape index (κ1) is 15.7. The number of para-hydroxylation sites is 1. The fourth-order valence-electron chi connectivity index (χ4n) is 2.12. The van der Waals surface area contributed by atoms with Gasteiger partial charge >= 0.3 is 0 Å². The number of benzene rings is 2. The van der Waals surface area contributed by atoms with E-state index in [4.69, 9.17) is 4.74 Å². The molecule has 0 aliphatic carbocycles. The molecule has 0 saturated carbocycles. The summed E-state index contributed by atoms with van der Waals surface area (Å²) in [5, 5.41) is 14.7. The molecule has 0 saturated heterocycles. The SMILES string of the molecule is Cc1cccc(NC(=O)Cn2nnc(COc3ccccc3)n2)c1. The Balaban J connectivity index is 1.53. The van der Waals surface area contributed by atoms with Gasteiger partial charge in [0, 0.05) is 5.69 Å². The zero-order valence-corrected chi connectivity index (χ0v) is 13.2. The number of amides is 1. The van der Waals surface area contributed by atoms with Crippen molar-refractivity contribution in [1.29, 1.82) is 0 Å². The van der Waals surface area contributed by atoms with Gasteiger partial charge in [0.2, 0.25) is 11.7 Å². The molecule has 2 aromatic carbocycles. The summed E-state index contributed by atoms with van der Waals surface area (Å²) in [7, 11) is 0. The van der Waals surface area contributed by atoms with E-state index < -0.39 is 0 Å². The lowest BCUT2D eigenvalue weighted by molar-refractivity contribution is -0.117. The van der Waals surface area contributed by atoms with Crippen LogP contribution in [0.4, 0.5) is 5.69 Å². The van der Waals surface area contributed by atoms with Crippen molar-refractivity contribution in [3.05, 3.63) is 66.0 Å². The van der Waals surface area contributed by atoms with E-state index in [9.17, 15) is 4.79 Å². The Hall–Kier alpha value is -3.22. The first-order valence-corrected chi connectivity index (χ1v) is 7.50. The molecule has 7 nitrogen and oxygen atoms in total. The standard InChI is InChI=1S/C17H17N5O2/c1-13-6-5-7-14(10-13)18-17(23)11-22-20-16(19-21-22)12-24-15-8-3-2-4-9-15/h2-10H,11-12H2,1H3,(H,18,23). The van der Waals surface area contributed by atoms with E-state index in [1.54, 1.807) is 0 Å². The van der Waals surface area contributed by atoms with Gasteiger partial charge in [0.15, 0.2) is 6.61 Å². The number of aromatic nitrogens is 4. The maximum atomic E-state index is 12.0. The minimum absolute atomic E-state index is 0.00766. The average Bonchev–Trinajstić information content (AvgIpc) is 3.01. The first-order valence-electron chi connectivity index (χ1n) is 7.50. The number of rotatable bonds is 6. The molecule has 0 bridgehead atoms. The summed E-state index contributed by atoms with van der Waals surface area (Å²) in [6, 6.07) is 17.0. The van der Waals surface area contributed by atoms with Crippen molar-refractivity contribution >= 4 is 11.6 Å². The van der Waals surface area contributed by atoms with E-state index in [-0.39, 0.29) is 19.1 Å². The summed E-state index contributed by atoms with van der Waals surface area (Å²) < 4.78 is 5.54. The summed E-state index contributed by atoms with van der Waals surface area (Å²) in [5.41, 5.74) is 1.82. The maximum Gasteiger partial charge on any atom is 0.248 e. The van der Waals surface area contributed by atoms with Crippen molar-refractivity contribution in [1.82, 2.24) is 20.2 Å². The van der Waals surface area contributed by atoms with Gasteiger partial charge < -0.3 is 10.1 Å². The number of aryl methyl sites for hydroxylation is 1. The molecule has 1 amide bonds. The van der Waals surface area contributed by atoms with Crippen molar-refractivity contribution in [3.8, 4) is 5.75 Å². The van der Waals surface area contributed by atoms with Crippen LogP contribution in [0.2, 0.25) is 0 Å². The normalized spacial score (nSPS) is 10.4. The molecule has 1 aromatic heterocycles. The van der Waals surface area contributed by atoms with Gasteiger partial charge in [-0.15, -0.1) is 10.2 Å². The van der Waals surface area contributed by atoms with Gasteiger partial charge in [-0.25, -0.2) is 0 Å². The van der Waals surface area contributed by atoms with Crippen molar-refractivity contribution in [2.75, 3.05) is 5.32 Å². The number of nitrogens with zero attached hydrogens (tertiary/aromatic N) is 4. The summed E-state index contributed by atoms with van der Waals surface area (Å²) >= 11 is 0. The van der Waals surface area contributed by atoms with E-state index in [1.165, 1.54) is 4.80 Å². The van der Waals surface area contributed by atoms with Gasteiger partial charge in [-0.1, -0.05) is 30.3 Å². The number of hydrogen-bond acceptors (Lipinski definition) is 5. The predicted octanol–water partition coefficient (Wildman–Crippen LogP) is 2.20. The van der Waals surface area contributed by atoms with Crippen LogP contribution in [-0.2, 0) is 17.9 Å². The van der Waals surface area contributed by atoms with Gasteiger partial charge in [0.25, 0.3) is 0 Å². The van der Waals surface area contributed by atoms with Crippen molar-refractivity contribution in [3.63, 3.8) is 0 Å². The molecule has 0 unspecified atom stereocenters. The third-order valence-corrected chi connectivity index (χ3v) is 3.19. The second-order valence-corrected chi connectivity index (χ2v) is 5.26. The largest absolute Gasteiger partial charge is 0.485 e. The zero-order valence-electron chi connectivity index (χ0n) is 13.2. The highest BCUT2D eigenvalue weighted by molar-refractivity contribution is 5.90. The molecule has 3 rings (SSSR count). The summed E-state index contributed by atoms with van der Waals surface area (Å²) in [6.07, 6.45) is 0. The van der Waals surface area contributed by atoms with Gasteiger partial charge in [0.1, 0.15) is 12.3 Å². The van der Waals surface area contributed by atoms with Crippen LogP contribution in [0.25, 0.3) is 0 Å². The van der Waals surface area contributed by atoms with E-state index in [0.29, 0.717) is 5.82 Å². The third kappa shape index (κ3) is 4.39. The number of tetrazole rings is 1. The second-order valence-electron chi connectivity index (χ2n) is 5.26. The van der Waals surface area contributed by atoms with Crippen molar-refractivity contribution in [2.24, 2.45) is 0 Å².